The molecule has 1 N–H and O–H groups in total. The van der Waals surface area contributed by atoms with Crippen molar-refractivity contribution < 1.29 is 9.90 Å². The summed E-state index contributed by atoms with van der Waals surface area (Å²) in [7, 11) is 0. The van der Waals surface area contributed by atoms with Crippen LogP contribution in [0.15, 0.2) is 6.20 Å². The van der Waals surface area contributed by atoms with Gasteiger partial charge in [-0.25, -0.2) is 4.98 Å². The van der Waals surface area contributed by atoms with Crippen LogP contribution in [0.2, 0.25) is 0 Å². The van der Waals surface area contributed by atoms with Gasteiger partial charge in [-0.2, -0.15) is 0 Å². The Kier molecular flexibility index (Phi) is 4.55. The van der Waals surface area contributed by atoms with Gasteiger partial charge in [-0.05, 0) is 20.3 Å². The topological polar surface area (TPSA) is 53.4 Å². The molecule has 0 saturated heterocycles. The lowest BCUT2D eigenvalue weighted by Gasteiger charge is -2.16. The summed E-state index contributed by atoms with van der Waals surface area (Å²) in [5.74, 6) is -0.757. The average molecular weight is 228 g/mol. The van der Waals surface area contributed by atoms with Crippen molar-refractivity contribution in [2.45, 2.75) is 26.7 Å². The fourth-order valence-corrected chi connectivity index (χ4v) is 2.32. The molecule has 15 heavy (non-hydrogen) atoms. The molecule has 0 radical (unpaired) electrons. The highest BCUT2D eigenvalue weighted by Crippen LogP contribution is 2.23. The zero-order chi connectivity index (χ0) is 11.3. The summed E-state index contributed by atoms with van der Waals surface area (Å²) < 4.78 is 0. The normalized spacial score (nSPS) is 10.3. The van der Waals surface area contributed by atoms with Gasteiger partial charge in [0.25, 0.3) is 0 Å². The molecule has 5 heteroatoms. The van der Waals surface area contributed by atoms with E-state index in [1.165, 1.54) is 0 Å². The first-order valence-electron chi connectivity index (χ1n) is 5.08. The van der Waals surface area contributed by atoms with Crippen molar-refractivity contribution >= 4 is 22.4 Å². The van der Waals surface area contributed by atoms with Gasteiger partial charge in [-0.1, -0.05) is 0 Å². The van der Waals surface area contributed by atoms with Crippen molar-refractivity contribution in [1.82, 2.24) is 4.98 Å². The van der Waals surface area contributed by atoms with Gasteiger partial charge < -0.3 is 10.0 Å². The predicted molar refractivity (Wildman–Crippen MR) is 61.6 cm³/mol. The van der Waals surface area contributed by atoms with Crippen LogP contribution in [0.3, 0.4) is 0 Å². The minimum absolute atomic E-state index is 0.180. The second-order valence-electron chi connectivity index (χ2n) is 3.18. The Morgan fingerprint density at radius 3 is 2.73 bits per heavy atom. The Hall–Kier alpha value is -1.10. The van der Waals surface area contributed by atoms with Gasteiger partial charge in [0.2, 0.25) is 0 Å². The van der Waals surface area contributed by atoms with Crippen molar-refractivity contribution in [3.8, 4) is 0 Å². The summed E-state index contributed by atoms with van der Waals surface area (Å²) in [5, 5.41) is 9.54. The van der Waals surface area contributed by atoms with Crippen LogP contribution in [0.1, 0.15) is 25.1 Å². The van der Waals surface area contributed by atoms with Crippen LogP contribution >= 0.6 is 11.3 Å². The summed E-state index contributed by atoms with van der Waals surface area (Å²) in [4.78, 5) is 17.9. The minimum Gasteiger partial charge on any atom is -0.481 e. The molecule has 0 fully saturated rings. The highest BCUT2D eigenvalue weighted by atomic mass is 32.1. The third-order valence-electron chi connectivity index (χ3n) is 2.16. The molecule has 1 heterocycles. The molecule has 0 aliphatic rings. The quantitative estimate of drug-likeness (QED) is 0.809. The first kappa shape index (κ1) is 12.0. The molecule has 0 bridgehead atoms. The molecule has 0 aliphatic carbocycles. The van der Waals surface area contributed by atoms with E-state index in [1.807, 2.05) is 0 Å². The summed E-state index contributed by atoms with van der Waals surface area (Å²) >= 11 is 1.58. The summed E-state index contributed by atoms with van der Waals surface area (Å²) in [6, 6.07) is 0. The van der Waals surface area contributed by atoms with Crippen LogP contribution in [0, 0.1) is 0 Å². The number of hydrogen-bond donors (Lipinski definition) is 1. The third kappa shape index (κ3) is 3.51. The van der Waals surface area contributed by atoms with Crippen LogP contribution in [-0.4, -0.2) is 29.1 Å². The first-order valence-corrected chi connectivity index (χ1v) is 5.90. The van der Waals surface area contributed by atoms with E-state index in [-0.39, 0.29) is 6.42 Å². The highest BCUT2D eigenvalue weighted by molar-refractivity contribution is 7.15. The second kappa shape index (κ2) is 5.70. The van der Waals surface area contributed by atoms with Gasteiger partial charge in [-0.15, -0.1) is 11.3 Å². The molecule has 1 aromatic heterocycles. The zero-order valence-electron chi connectivity index (χ0n) is 9.06. The van der Waals surface area contributed by atoms with Crippen LogP contribution in [0.25, 0.3) is 0 Å². The molecule has 0 aromatic carbocycles. The monoisotopic (exact) mass is 228 g/mol. The zero-order valence-corrected chi connectivity index (χ0v) is 9.88. The van der Waals surface area contributed by atoms with Gasteiger partial charge >= 0.3 is 5.97 Å². The number of carboxylic acid groups (broad SMARTS) is 1. The summed E-state index contributed by atoms with van der Waals surface area (Å²) in [6.07, 6.45) is 2.54. The average Bonchev–Trinajstić information content (AvgIpc) is 2.65. The minimum atomic E-state index is -0.757. The van der Waals surface area contributed by atoms with Crippen molar-refractivity contribution in [1.29, 1.82) is 0 Å². The number of carboxylic acids is 1. The molecule has 0 aliphatic heterocycles. The SMILES string of the molecule is CCN(CC)c1ncc(CCC(=O)O)s1. The molecule has 0 atom stereocenters. The van der Waals surface area contributed by atoms with Crippen molar-refractivity contribution in [2.75, 3.05) is 18.0 Å². The Balaban J connectivity index is 2.59. The molecule has 4 nitrogen and oxygen atoms in total. The molecule has 0 saturated carbocycles. The van der Waals surface area contributed by atoms with Gasteiger partial charge in [0.1, 0.15) is 0 Å². The van der Waals surface area contributed by atoms with Gasteiger partial charge in [-0.3, -0.25) is 4.79 Å². The van der Waals surface area contributed by atoms with E-state index in [2.05, 4.69) is 23.7 Å². The maximum absolute atomic E-state index is 10.4. The molecule has 84 valence electrons. The molecule has 0 spiro atoms. The molecule has 0 amide bonds. The van der Waals surface area contributed by atoms with Crippen LogP contribution in [-0.2, 0) is 11.2 Å². The van der Waals surface area contributed by atoms with E-state index in [0.717, 1.165) is 23.1 Å². The summed E-state index contributed by atoms with van der Waals surface area (Å²) in [6.45, 7) is 6.04. The van der Waals surface area contributed by atoms with Crippen LogP contribution in [0.4, 0.5) is 5.13 Å². The van der Waals surface area contributed by atoms with E-state index >= 15 is 0 Å². The Labute approximate surface area is 93.6 Å². The van der Waals surface area contributed by atoms with Crippen molar-refractivity contribution in [2.24, 2.45) is 0 Å². The lowest BCUT2D eigenvalue weighted by molar-refractivity contribution is -0.136. The Morgan fingerprint density at radius 1 is 1.53 bits per heavy atom. The standard InChI is InChI=1S/C10H16N2O2S/c1-3-12(4-2)10-11-7-8(15-10)5-6-9(13)14/h7H,3-6H2,1-2H3,(H,13,14). The van der Waals surface area contributed by atoms with Gasteiger partial charge in [0.05, 0.1) is 6.42 Å². The number of hydrogen-bond acceptors (Lipinski definition) is 4. The smallest absolute Gasteiger partial charge is 0.303 e. The number of aryl methyl sites for hydroxylation is 1. The Bertz CT molecular complexity index is 321. The fraction of sp³-hybridized carbons (Fsp3) is 0.600. The predicted octanol–water partition coefficient (Wildman–Crippen LogP) is 2.01. The maximum atomic E-state index is 10.4. The molecular formula is C10H16N2O2S. The van der Waals surface area contributed by atoms with Gasteiger partial charge in [0, 0.05) is 24.2 Å². The number of anilines is 1. The molecule has 1 rings (SSSR count). The lowest BCUT2D eigenvalue weighted by atomic mass is 10.3. The second-order valence-corrected chi connectivity index (χ2v) is 4.27. The third-order valence-corrected chi connectivity index (χ3v) is 3.28. The van der Waals surface area contributed by atoms with Crippen LogP contribution < -0.4 is 4.90 Å². The van der Waals surface area contributed by atoms with Crippen LogP contribution in [0.5, 0.6) is 0 Å². The number of aliphatic carboxylic acids is 1. The number of carbonyl (C=O) groups is 1. The van der Waals surface area contributed by atoms with E-state index in [9.17, 15) is 4.79 Å². The molecule has 0 unspecified atom stereocenters. The lowest BCUT2D eigenvalue weighted by Crippen LogP contribution is -2.21. The van der Waals surface area contributed by atoms with E-state index in [1.54, 1.807) is 17.5 Å². The largest absolute Gasteiger partial charge is 0.481 e. The number of aromatic nitrogens is 1. The Morgan fingerprint density at radius 2 is 2.20 bits per heavy atom. The number of nitrogens with zero attached hydrogens (tertiary/aromatic N) is 2. The molecule has 1 aromatic rings. The van der Waals surface area contributed by atoms with Gasteiger partial charge in [0.15, 0.2) is 5.13 Å². The number of thiazole rings is 1. The highest BCUT2D eigenvalue weighted by Gasteiger charge is 2.08. The number of rotatable bonds is 6. The van der Waals surface area contributed by atoms with Crippen molar-refractivity contribution in [3.63, 3.8) is 0 Å². The first-order chi connectivity index (χ1) is 7.17. The van der Waals surface area contributed by atoms with E-state index in [0.29, 0.717) is 6.42 Å². The molecular weight excluding hydrogens is 212 g/mol. The fourth-order valence-electron chi connectivity index (χ4n) is 1.28. The summed E-state index contributed by atoms with van der Waals surface area (Å²) in [5.41, 5.74) is 0. The maximum Gasteiger partial charge on any atom is 0.303 e. The van der Waals surface area contributed by atoms with Crippen molar-refractivity contribution in [3.05, 3.63) is 11.1 Å². The van der Waals surface area contributed by atoms with E-state index in [4.69, 9.17) is 5.11 Å². The van der Waals surface area contributed by atoms with E-state index < -0.39 is 5.97 Å².